The van der Waals surface area contributed by atoms with Crippen molar-refractivity contribution in [1.29, 1.82) is 0 Å². The summed E-state index contributed by atoms with van der Waals surface area (Å²) in [7, 11) is 0. The normalized spacial score (nSPS) is 11.4. The van der Waals surface area contributed by atoms with Crippen molar-refractivity contribution in [2.75, 3.05) is 0 Å². The number of benzene rings is 2. The van der Waals surface area contributed by atoms with Gasteiger partial charge >= 0.3 is 0 Å². The Morgan fingerprint density at radius 1 is 0.923 bits per heavy atom. The third kappa shape index (κ3) is 3.06. The minimum atomic E-state index is -0.805. The lowest BCUT2D eigenvalue weighted by molar-refractivity contribution is 0.872. The maximum absolute atomic E-state index is 6.05. The summed E-state index contributed by atoms with van der Waals surface area (Å²) in [5, 5.41) is 4.74. The van der Waals surface area contributed by atoms with E-state index in [0.29, 0.717) is 17.3 Å². The Labute approximate surface area is 161 Å². The van der Waals surface area contributed by atoms with E-state index in [1.165, 1.54) is 5.56 Å². The molecule has 0 amide bonds. The monoisotopic (exact) mass is 382 g/mol. The first-order valence-electron chi connectivity index (χ1n) is 8.22. The van der Waals surface area contributed by atoms with Crippen molar-refractivity contribution in [3.63, 3.8) is 0 Å². The fourth-order valence-electron chi connectivity index (χ4n) is 2.87. The average molecular weight is 383 g/mol. The van der Waals surface area contributed by atoms with E-state index >= 15 is 0 Å². The molecule has 0 N–H and O–H groups in total. The highest BCUT2D eigenvalue weighted by Crippen LogP contribution is 2.29. The predicted octanol–water partition coefficient (Wildman–Crippen LogP) is 5.55. The van der Waals surface area contributed by atoms with Gasteiger partial charge in [0.1, 0.15) is 0 Å². The van der Waals surface area contributed by atoms with Crippen molar-refractivity contribution < 1.29 is 0 Å². The van der Waals surface area contributed by atoms with E-state index in [-0.39, 0.29) is 0 Å². The highest BCUT2D eigenvalue weighted by Gasteiger charge is 2.17. The summed E-state index contributed by atoms with van der Waals surface area (Å²) in [5.41, 5.74) is 5.77. The van der Waals surface area contributed by atoms with E-state index in [2.05, 4.69) is 29.0 Å². The highest BCUT2D eigenvalue weighted by molar-refractivity contribution is 6.43. The molecule has 6 heteroatoms. The smallest absolute Gasteiger partial charge is 0.167 e. The van der Waals surface area contributed by atoms with Crippen LogP contribution < -0.4 is 0 Å². The van der Waals surface area contributed by atoms with Crippen LogP contribution in [0.1, 0.15) is 21.8 Å². The van der Waals surface area contributed by atoms with E-state index in [1.54, 1.807) is 4.52 Å². The Hall–Kier alpha value is -2.43. The van der Waals surface area contributed by atoms with Gasteiger partial charge in [0.2, 0.25) is 0 Å². The molecule has 0 fully saturated rings. The quantitative estimate of drug-likeness (QED) is 0.436. The number of alkyl halides is 2. The Morgan fingerprint density at radius 2 is 1.65 bits per heavy atom. The standard InChI is InChI=1S/C20H16Cl2N4/c1-12-7-9-14(10-8-12)16-11-17-23-19(18(21)22)24-20(26(17)25-16)15-6-4-3-5-13(15)2/h3-11,18H,1-2H3. The Morgan fingerprint density at radius 3 is 2.35 bits per heavy atom. The lowest BCUT2D eigenvalue weighted by atomic mass is 10.1. The third-order valence-corrected chi connectivity index (χ3v) is 4.66. The van der Waals surface area contributed by atoms with Gasteiger partial charge in [-0.15, -0.1) is 0 Å². The minimum absolute atomic E-state index is 0.370. The first-order chi connectivity index (χ1) is 12.5. The van der Waals surface area contributed by atoms with Gasteiger partial charge < -0.3 is 0 Å². The molecule has 2 heterocycles. The predicted molar refractivity (Wildman–Crippen MR) is 106 cm³/mol. The molecule has 0 saturated carbocycles. The van der Waals surface area contributed by atoms with Crippen LogP contribution in [-0.2, 0) is 0 Å². The van der Waals surface area contributed by atoms with Crippen LogP contribution in [0, 0.1) is 13.8 Å². The Kier molecular flexibility index (Phi) is 4.39. The van der Waals surface area contributed by atoms with E-state index in [9.17, 15) is 0 Å². The number of aromatic nitrogens is 4. The fraction of sp³-hybridized carbons (Fsp3) is 0.150. The maximum Gasteiger partial charge on any atom is 0.167 e. The van der Waals surface area contributed by atoms with Crippen molar-refractivity contribution in [1.82, 2.24) is 19.6 Å². The van der Waals surface area contributed by atoms with Gasteiger partial charge in [-0.2, -0.15) is 9.61 Å². The van der Waals surface area contributed by atoms with E-state index in [1.807, 2.05) is 49.4 Å². The second kappa shape index (κ2) is 6.71. The molecule has 0 aliphatic heterocycles. The van der Waals surface area contributed by atoms with Crippen LogP contribution in [0.3, 0.4) is 0 Å². The van der Waals surface area contributed by atoms with Crippen molar-refractivity contribution in [2.45, 2.75) is 18.7 Å². The molecule has 0 bridgehead atoms. The first kappa shape index (κ1) is 17.0. The van der Waals surface area contributed by atoms with Gasteiger partial charge in [-0.1, -0.05) is 77.3 Å². The summed E-state index contributed by atoms with van der Waals surface area (Å²) >= 11 is 12.1. The van der Waals surface area contributed by atoms with Gasteiger partial charge in [0.05, 0.1) is 5.69 Å². The molecular weight excluding hydrogens is 367 g/mol. The summed E-state index contributed by atoms with van der Waals surface area (Å²) in [6.45, 7) is 4.09. The largest absolute Gasteiger partial charge is 0.211 e. The first-order valence-corrected chi connectivity index (χ1v) is 9.09. The number of nitrogens with zero attached hydrogens (tertiary/aromatic N) is 4. The Bertz CT molecular complexity index is 1080. The SMILES string of the molecule is Cc1ccc(-c2cc3nc(C(Cl)Cl)nc(-c4ccccc4C)n3n2)cc1. The summed E-state index contributed by atoms with van der Waals surface area (Å²) in [6, 6.07) is 18.1. The van der Waals surface area contributed by atoms with Crippen molar-refractivity contribution in [2.24, 2.45) is 0 Å². The maximum atomic E-state index is 6.05. The second-order valence-electron chi connectivity index (χ2n) is 6.19. The average Bonchev–Trinajstić information content (AvgIpc) is 3.06. The van der Waals surface area contributed by atoms with Gasteiger partial charge in [0.25, 0.3) is 0 Å². The van der Waals surface area contributed by atoms with E-state index < -0.39 is 4.84 Å². The topological polar surface area (TPSA) is 43.1 Å². The van der Waals surface area contributed by atoms with Crippen molar-refractivity contribution in [3.8, 4) is 22.6 Å². The van der Waals surface area contributed by atoms with Gasteiger partial charge in [-0.05, 0) is 19.4 Å². The van der Waals surface area contributed by atoms with Crippen molar-refractivity contribution >= 4 is 28.8 Å². The minimum Gasteiger partial charge on any atom is -0.211 e. The molecule has 0 saturated heterocycles. The van der Waals surface area contributed by atoms with Crippen LogP contribution in [0.5, 0.6) is 0 Å². The van der Waals surface area contributed by atoms with Gasteiger partial charge in [0, 0.05) is 17.2 Å². The molecule has 130 valence electrons. The van der Waals surface area contributed by atoms with Gasteiger partial charge in [-0.3, -0.25) is 0 Å². The van der Waals surface area contributed by atoms with Crippen LogP contribution in [-0.4, -0.2) is 19.6 Å². The number of halogens is 2. The van der Waals surface area contributed by atoms with Crippen LogP contribution in [0.15, 0.2) is 54.6 Å². The number of rotatable bonds is 3. The molecule has 0 spiro atoms. The van der Waals surface area contributed by atoms with E-state index in [0.717, 1.165) is 22.4 Å². The molecule has 0 aliphatic carbocycles. The van der Waals surface area contributed by atoms with Gasteiger partial charge in [0.15, 0.2) is 22.1 Å². The summed E-state index contributed by atoms with van der Waals surface area (Å²) in [4.78, 5) is 8.25. The molecule has 0 aliphatic rings. The number of fused-ring (bicyclic) bond motifs is 1. The number of aryl methyl sites for hydroxylation is 2. The summed E-state index contributed by atoms with van der Waals surface area (Å²) in [5.74, 6) is 1.04. The molecule has 2 aromatic heterocycles. The van der Waals surface area contributed by atoms with Crippen LogP contribution in [0.4, 0.5) is 0 Å². The van der Waals surface area contributed by atoms with Gasteiger partial charge in [-0.25, -0.2) is 9.97 Å². The Balaban J connectivity index is 1.97. The molecule has 0 radical (unpaired) electrons. The molecule has 4 aromatic rings. The molecule has 26 heavy (non-hydrogen) atoms. The zero-order valence-corrected chi connectivity index (χ0v) is 15.8. The molecule has 0 unspecified atom stereocenters. The van der Waals surface area contributed by atoms with Crippen molar-refractivity contribution in [3.05, 3.63) is 71.5 Å². The molecule has 2 aromatic carbocycles. The fourth-order valence-corrected chi connectivity index (χ4v) is 3.06. The van der Waals surface area contributed by atoms with Crippen LogP contribution >= 0.6 is 23.2 Å². The summed E-state index contributed by atoms with van der Waals surface area (Å²) < 4.78 is 1.75. The molecule has 0 atom stereocenters. The zero-order chi connectivity index (χ0) is 18.3. The highest BCUT2D eigenvalue weighted by atomic mass is 35.5. The molecule has 4 rings (SSSR count). The lowest BCUT2D eigenvalue weighted by Crippen LogP contribution is -2.05. The zero-order valence-electron chi connectivity index (χ0n) is 14.3. The van der Waals surface area contributed by atoms with E-state index in [4.69, 9.17) is 28.3 Å². The molecule has 4 nitrogen and oxygen atoms in total. The summed E-state index contributed by atoms with van der Waals surface area (Å²) in [6.07, 6.45) is 0. The number of hydrogen-bond acceptors (Lipinski definition) is 3. The van der Waals surface area contributed by atoms with Crippen LogP contribution in [0.2, 0.25) is 0 Å². The lowest BCUT2D eigenvalue weighted by Gasteiger charge is -2.09. The third-order valence-electron chi connectivity index (χ3n) is 4.27. The van der Waals surface area contributed by atoms with Crippen LogP contribution in [0.25, 0.3) is 28.3 Å². The number of hydrogen-bond donors (Lipinski definition) is 0. The molecular formula is C20H16Cl2N4. The second-order valence-corrected chi connectivity index (χ2v) is 7.28.